The smallest absolute Gasteiger partial charge is 0.328 e. The molecule has 0 aliphatic heterocycles. The molecule has 0 fully saturated rings. The lowest BCUT2D eigenvalue weighted by Crippen LogP contribution is -2.39. The van der Waals surface area contributed by atoms with Crippen LogP contribution < -0.4 is 11.2 Å². The van der Waals surface area contributed by atoms with Crippen molar-refractivity contribution in [3.63, 3.8) is 0 Å². The first-order valence-corrected chi connectivity index (χ1v) is 10.6. The molecule has 0 saturated heterocycles. The van der Waals surface area contributed by atoms with Gasteiger partial charge < -0.3 is 9.13 Å². The van der Waals surface area contributed by atoms with E-state index in [1.807, 2.05) is 42.8 Å². The Kier molecular flexibility index (Phi) is 5.33. The van der Waals surface area contributed by atoms with Crippen LogP contribution in [0.2, 0.25) is 0 Å². The van der Waals surface area contributed by atoms with E-state index in [9.17, 15) is 9.59 Å². The minimum absolute atomic E-state index is 0.307. The van der Waals surface area contributed by atoms with Crippen LogP contribution in [0.5, 0.6) is 0 Å². The van der Waals surface area contributed by atoms with Crippen LogP contribution in [0.3, 0.4) is 0 Å². The van der Waals surface area contributed by atoms with Gasteiger partial charge in [0.15, 0.2) is 22.1 Å². The number of nitrogens with zero attached hydrogens (tertiary/aromatic N) is 7. The molecule has 0 saturated carbocycles. The molecular weight excluding hydrogens is 402 g/mol. The van der Waals surface area contributed by atoms with Gasteiger partial charge in [-0.2, -0.15) is 0 Å². The van der Waals surface area contributed by atoms with Gasteiger partial charge in [0.1, 0.15) is 0 Å². The minimum Gasteiger partial charge on any atom is -0.328 e. The number of hydrogen-bond donors (Lipinski definition) is 0. The first-order chi connectivity index (χ1) is 14.4. The summed E-state index contributed by atoms with van der Waals surface area (Å²) < 4.78 is 6.32. The van der Waals surface area contributed by atoms with E-state index in [0.717, 1.165) is 22.1 Å². The number of imidazole rings is 1. The van der Waals surface area contributed by atoms with E-state index in [-0.39, 0.29) is 11.2 Å². The summed E-state index contributed by atoms with van der Waals surface area (Å²) in [6.07, 6.45) is 2.20. The molecule has 0 atom stereocenters. The minimum atomic E-state index is -0.350. The molecule has 3 heterocycles. The zero-order valence-electron chi connectivity index (χ0n) is 17.4. The highest BCUT2D eigenvalue weighted by atomic mass is 32.2. The van der Waals surface area contributed by atoms with E-state index in [1.54, 1.807) is 36.8 Å². The van der Waals surface area contributed by atoms with E-state index < -0.39 is 0 Å². The van der Waals surface area contributed by atoms with Crippen LogP contribution in [0.1, 0.15) is 12.0 Å². The van der Waals surface area contributed by atoms with Gasteiger partial charge in [0, 0.05) is 39.0 Å². The Balaban J connectivity index is 1.48. The van der Waals surface area contributed by atoms with Crippen LogP contribution in [0.25, 0.3) is 22.6 Å². The van der Waals surface area contributed by atoms with Crippen LogP contribution in [-0.2, 0) is 27.7 Å². The van der Waals surface area contributed by atoms with E-state index >= 15 is 0 Å². The molecule has 3 aromatic heterocycles. The highest BCUT2D eigenvalue weighted by Gasteiger charge is 2.15. The van der Waals surface area contributed by atoms with Gasteiger partial charge in [-0.3, -0.25) is 13.9 Å². The molecule has 4 rings (SSSR count). The molecule has 1 aromatic carbocycles. The van der Waals surface area contributed by atoms with Crippen molar-refractivity contribution in [2.24, 2.45) is 21.1 Å². The summed E-state index contributed by atoms with van der Waals surface area (Å²) in [6, 6.07) is 8.07. The number of aryl methyl sites for hydroxylation is 3. The van der Waals surface area contributed by atoms with Crippen molar-refractivity contribution in [3.8, 4) is 11.4 Å². The zero-order chi connectivity index (χ0) is 21.4. The molecule has 30 heavy (non-hydrogen) atoms. The van der Waals surface area contributed by atoms with E-state index in [2.05, 4.69) is 15.2 Å². The molecule has 0 radical (unpaired) electrons. The second kappa shape index (κ2) is 7.94. The Bertz CT molecular complexity index is 1350. The monoisotopic (exact) mass is 425 g/mol. The van der Waals surface area contributed by atoms with Gasteiger partial charge in [-0.1, -0.05) is 36.0 Å². The lowest BCUT2D eigenvalue weighted by molar-refractivity contribution is 0.594. The van der Waals surface area contributed by atoms with Crippen molar-refractivity contribution in [3.05, 3.63) is 57.0 Å². The predicted octanol–water partition coefficient (Wildman–Crippen LogP) is 1.72. The Morgan fingerprint density at radius 2 is 1.80 bits per heavy atom. The summed E-state index contributed by atoms with van der Waals surface area (Å²) in [4.78, 5) is 29.5. The Hall–Kier alpha value is -3.14. The maximum absolute atomic E-state index is 12.7. The van der Waals surface area contributed by atoms with Crippen LogP contribution in [0.4, 0.5) is 0 Å². The van der Waals surface area contributed by atoms with Crippen LogP contribution in [0, 0.1) is 6.92 Å². The molecule has 0 aliphatic rings. The van der Waals surface area contributed by atoms with Crippen molar-refractivity contribution >= 4 is 22.9 Å². The number of fused-ring (bicyclic) bond motifs is 1. The molecule has 4 aromatic rings. The highest BCUT2D eigenvalue weighted by molar-refractivity contribution is 7.99. The van der Waals surface area contributed by atoms with Crippen molar-refractivity contribution in [1.29, 1.82) is 0 Å². The summed E-state index contributed by atoms with van der Waals surface area (Å²) in [5.41, 5.74) is 2.38. The van der Waals surface area contributed by atoms with Gasteiger partial charge in [-0.15, -0.1) is 10.2 Å². The number of benzene rings is 1. The summed E-state index contributed by atoms with van der Waals surface area (Å²) in [6.45, 7) is 2.39. The SMILES string of the molecule is Cc1ccccc1-c1nnc(SCCCn2c(=O)c3c(ncn3C)n(C)c2=O)n1C. The van der Waals surface area contributed by atoms with Crippen molar-refractivity contribution in [2.75, 3.05) is 5.75 Å². The lowest BCUT2D eigenvalue weighted by Gasteiger charge is -2.09. The molecule has 9 nitrogen and oxygen atoms in total. The van der Waals surface area contributed by atoms with Gasteiger partial charge in [-0.25, -0.2) is 9.78 Å². The third kappa shape index (κ3) is 3.36. The fourth-order valence-electron chi connectivity index (χ4n) is 3.48. The summed E-state index contributed by atoms with van der Waals surface area (Å²) in [7, 11) is 5.33. The average molecular weight is 426 g/mol. The number of thioether (sulfide) groups is 1. The molecule has 156 valence electrons. The fourth-order valence-corrected chi connectivity index (χ4v) is 4.31. The second-order valence-electron chi connectivity index (χ2n) is 7.21. The molecule has 0 spiro atoms. The van der Waals surface area contributed by atoms with Gasteiger partial charge in [0.05, 0.1) is 6.33 Å². The second-order valence-corrected chi connectivity index (χ2v) is 8.27. The van der Waals surface area contributed by atoms with Crippen LogP contribution >= 0.6 is 11.8 Å². The molecular formula is C20H23N7O2S. The molecule has 0 amide bonds. The topological polar surface area (TPSA) is 92.5 Å². The van der Waals surface area contributed by atoms with Gasteiger partial charge in [0.25, 0.3) is 5.56 Å². The zero-order valence-corrected chi connectivity index (χ0v) is 18.2. The first kappa shape index (κ1) is 20.1. The Morgan fingerprint density at radius 1 is 1.03 bits per heavy atom. The standard InChI is InChI=1S/C20H23N7O2S/c1-13-8-5-6-9-14(13)16-22-23-19(25(16)3)30-11-7-10-27-18(28)15-17(21-12-24(15)2)26(4)20(27)29/h5-6,8-9,12H,7,10-11H2,1-4H3. The predicted molar refractivity (Wildman–Crippen MR) is 117 cm³/mol. The summed E-state index contributed by atoms with van der Waals surface area (Å²) in [5.74, 6) is 1.53. The van der Waals surface area contributed by atoms with Gasteiger partial charge >= 0.3 is 5.69 Å². The lowest BCUT2D eigenvalue weighted by atomic mass is 10.1. The van der Waals surface area contributed by atoms with Gasteiger partial charge in [-0.05, 0) is 18.9 Å². The van der Waals surface area contributed by atoms with E-state index in [1.165, 1.54) is 9.13 Å². The first-order valence-electron chi connectivity index (χ1n) is 9.59. The Morgan fingerprint density at radius 3 is 2.57 bits per heavy atom. The van der Waals surface area contributed by atoms with Gasteiger partial charge in [0.2, 0.25) is 0 Å². The molecule has 0 bridgehead atoms. The molecule has 0 aliphatic carbocycles. The number of rotatable bonds is 6. The summed E-state index contributed by atoms with van der Waals surface area (Å²) >= 11 is 1.56. The van der Waals surface area contributed by atoms with E-state index in [4.69, 9.17) is 0 Å². The average Bonchev–Trinajstić information content (AvgIpc) is 3.29. The molecule has 0 N–H and O–H groups in total. The largest absolute Gasteiger partial charge is 0.332 e. The third-order valence-electron chi connectivity index (χ3n) is 5.18. The van der Waals surface area contributed by atoms with E-state index in [0.29, 0.717) is 29.9 Å². The van der Waals surface area contributed by atoms with Crippen molar-refractivity contribution < 1.29 is 0 Å². The fraction of sp³-hybridized carbons (Fsp3) is 0.350. The highest BCUT2D eigenvalue weighted by Crippen LogP contribution is 2.25. The van der Waals surface area contributed by atoms with Crippen LogP contribution in [0.15, 0.2) is 45.3 Å². The summed E-state index contributed by atoms with van der Waals surface area (Å²) in [5, 5.41) is 9.44. The maximum Gasteiger partial charge on any atom is 0.332 e. The normalized spacial score (nSPS) is 11.5. The van der Waals surface area contributed by atoms with Crippen LogP contribution in [-0.4, -0.2) is 39.2 Å². The van der Waals surface area contributed by atoms with Crippen molar-refractivity contribution in [2.45, 2.75) is 25.0 Å². The third-order valence-corrected chi connectivity index (χ3v) is 6.29. The Labute approximate surface area is 177 Å². The van der Waals surface area contributed by atoms with Crippen molar-refractivity contribution in [1.82, 2.24) is 33.4 Å². The molecule has 0 unspecified atom stereocenters. The quantitative estimate of drug-likeness (QED) is 0.345. The maximum atomic E-state index is 12.7. The molecule has 10 heteroatoms. The number of aromatic nitrogens is 7. The number of hydrogen-bond acceptors (Lipinski definition) is 6.